The van der Waals surface area contributed by atoms with Crippen molar-refractivity contribution in [1.82, 2.24) is 15.1 Å². The Morgan fingerprint density at radius 1 is 1.79 bits per heavy atom. The fourth-order valence-electron chi connectivity index (χ4n) is 0.970. The summed E-state index contributed by atoms with van der Waals surface area (Å²) in [6.45, 7) is 2.10. The Hall–Kier alpha value is -1.07. The Morgan fingerprint density at radius 3 is 3.00 bits per heavy atom. The van der Waals surface area contributed by atoms with Crippen molar-refractivity contribution in [1.29, 1.82) is 0 Å². The van der Waals surface area contributed by atoms with Crippen LogP contribution in [0.15, 0.2) is 6.20 Å². The topological polar surface area (TPSA) is 67.2 Å². The lowest BCUT2D eigenvalue weighted by molar-refractivity contribution is -0.122. The van der Waals surface area contributed by atoms with Gasteiger partial charge in [-0.05, 0) is 6.92 Å². The van der Waals surface area contributed by atoms with Crippen molar-refractivity contribution in [3.05, 3.63) is 16.9 Å². The molecule has 1 heterocycles. The number of aliphatic hydroxyl groups excluding tert-OH is 1. The van der Waals surface area contributed by atoms with Crippen molar-refractivity contribution in [2.24, 2.45) is 0 Å². The van der Waals surface area contributed by atoms with Crippen molar-refractivity contribution < 1.29 is 9.90 Å². The molecule has 0 aromatic carbocycles. The second-order valence-electron chi connectivity index (χ2n) is 2.81. The first-order valence-corrected chi connectivity index (χ1v) is 4.58. The number of aromatic nitrogens is 2. The number of carbonyl (C=O) groups is 1. The number of aliphatic hydroxyl groups is 1. The molecule has 0 aliphatic carbocycles. The summed E-state index contributed by atoms with van der Waals surface area (Å²) >= 11 is 5.76. The maximum atomic E-state index is 11.2. The summed E-state index contributed by atoms with van der Waals surface area (Å²) in [4.78, 5) is 11.2. The van der Waals surface area contributed by atoms with E-state index in [1.54, 1.807) is 6.92 Å². The Morgan fingerprint density at radius 2 is 2.50 bits per heavy atom. The Kier molecular flexibility index (Phi) is 3.91. The average molecular weight is 218 g/mol. The summed E-state index contributed by atoms with van der Waals surface area (Å²) in [6.07, 6.45) is 1.50. The van der Waals surface area contributed by atoms with Crippen LogP contribution < -0.4 is 5.32 Å². The van der Waals surface area contributed by atoms with Crippen LogP contribution in [0, 0.1) is 6.92 Å². The van der Waals surface area contributed by atoms with Gasteiger partial charge in [0.1, 0.15) is 6.54 Å². The molecule has 0 radical (unpaired) electrons. The zero-order valence-corrected chi connectivity index (χ0v) is 8.58. The second kappa shape index (κ2) is 4.97. The van der Waals surface area contributed by atoms with E-state index in [1.165, 1.54) is 10.9 Å². The van der Waals surface area contributed by atoms with Crippen LogP contribution in [0.3, 0.4) is 0 Å². The van der Waals surface area contributed by atoms with Crippen LogP contribution in [0.4, 0.5) is 0 Å². The van der Waals surface area contributed by atoms with E-state index in [9.17, 15) is 4.79 Å². The molecule has 0 atom stereocenters. The predicted molar refractivity (Wildman–Crippen MR) is 52.1 cm³/mol. The summed E-state index contributed by atoms with van der Waals surface area (Å²) in [6, 6.07) is 0. The zero-order valence-electron chi connectivity index (χ0n) is 7.83. The summed E-state index contributed by atoms with van der Waals surface area (Å²) in [5.41, 5.74) is 0.755. The number of hydrogen-bond acceptors (Lipinski definition) is 3. The minimum Gasteiger partial charge on any atom is -0.395 e. The molecule has 1 aromatic heterocycles. The van der Waals surface area contributed by atoms with E-state index in [0.717, 1.165) is 5.69 Å². The van der Waals surface area contributed by atoms with E-state index in [-0.39, 0.29) is 25.6 Å². The highest BCUT2D eigenvalue weighted by Crippen LogP contribution is 2.12. The molecule has 1 amide bonds. The molecular formula is C8H12ClN3O2. The first kappa shape index (κ1) is 11.0. The number of halogens is 1. The number of nitrogens with one attached hydrogen (secondary N) is 1. The molecule has 0 saturated carbocycles. The van der Waals surface area contributed by atoms with Crippen LogP contribution in [0.25, 0.3) is 0 Å². The van der Waals surface area contributed by atoms with Gasteiger partial charge in [0.15, 0.2) is 0 Å². The molecule has 0 spiro atoms. The van der Waals surface area contributed by atoms with Crippen molar-refractivity contribution in [2.75, 3.05) is 13.2 Å². The Balaban J connectivity index is 2.52. The molecule has 14 heavy (non-hydrogen) atoms. The molecule has 6 heteroatoms. The molecule has 78 valence electrons. The van der Waals surface area contributed by atoms with Crippen molar-refractivity contribution in [2.45, 2.75) is 13.5 Å². The highest BCUT2D eigenvalue weighted by Gasteiger charge is 2.07. The minimum atomic E-state index is -0.193. The summed E-state index contributed by atoms with van der Waals surface area (Å²) in [7, 11) is 0. The summed E-state index contributed by atoms with van der Waals surface area (Å²) in [5.74, 6) is -0.193. The van der Waals surface area contributed by atoms with Gasteiger partial charge in [0.05, 0.1) is 23.5 Å². The molecule has 1 aromatic rings. The van der Waals surface area contributed by atoms with Crippen LogP contribution in [-0.2, 0) is 11.3 Å². The predicted octanol–water partition coefficient (Wildman–Crippen LogP) is -0.0466. The summed E-state index contributed by atoms with van der Waals surface area (Å²) < 4.78 is 1.51. The minimum absolute atomic E-state index is 0.0649. The molecule has 2 N–H and O–H groups in total. The van der Waals surface area contributed by atoms with E-state index in [1.807, 2.05) is 0 Å². The molecule has 0 unspecified atom stereocenters. The van der Waals surface area contributed by atoms with Crippen LogP contribution in [0.5, 0.6) is 0 Å². The maximum absolute atomic E-state index is 11.2. The molecule has 0 bridgehead atoms. The van der Waals surface area contributed by atoms with E-state index in [2.05, 4.69) is 10.4 Å². The van der Waals surface area contributed by atoms with Crippen LogP contribution in [0.1, 0.15) is 5.69 Å². The molecule has 0 aliphatic rings. The van der Waals surface area contributed by atoms with E-state index in [0.29, 0.717) is 5.02 Å². The van der Waals surface area contributed by atoms with Crippen molar-refractivity contribution >= 4 is 17.5 Å². The van der Waals surface area contributed by atoms with Crippen molar-refractivity contribution in [3.8, 4) is 0 Å². The van der Waals surface area contributed by atoms with Gasteiger partial charge in [0, 0.05) is 6.54 Å². The summed E-state index contributed by atoms with van der Waals surface area (Å²) in [5, 5.41) is 15.5. The lowest BCUT2D eigenvalue weighted by Gasteiger charge is -2.04. The molecule has 0 aliphatic heterocycles. The standard InChI is InChI=1S/C8H12ClN3O2/c1-6-7(9)4-11-12(6)5-8(14)10-2-3-13/h4,13H,2-3,5H2,1H3,(H,10,14). The largest absolute Gasteiger partial charge is 0.395 e. The first-order chi connectivity index (χ1) is 6.65. The second-order valence-corrected chi connectivity index (χ2v) is 3.22. The van der Waals surface area contributed by atoms with Crippen LogP contribution >= 0.6 is 11.6 Å². The maximum Gasteiger partial charge on any atom is 0.241 e. The van der Waals surface area contributed by atoms with Gasteiger partial charge >= 0.3 is 0 Å². The van der Waals surface area contributed by atoms with E-state index < -0.39 is 0 Å². The monoisotopic (exact) mass is 217 g/mol. The third kappa shape index (κ3) is 2.71. The Labute approximate surface area is 86.7 Å². The number of rotatable bonds is 4. The van der Waals surface area contributed by atoms with Gasteiger partial charge in [0.2, 0.25) is 5.91 Å². The number of carbonyl (C=O) groups excluding carboxylic acids is 1. The fourth-order valence-corrected chi connectivity index (χ4v) is 1.11. The molecule has 0 fully saturated rings. The Bertz CT molecular complexity index is 324. The number of amides is 1. The van der Waals surface area contributed by atoms with Gasteiger partial charge in [-0.1, -0.05) is 11.6 Å². The average Bonchev–Trinajstić information content (AvgIpc) is 2.46. The normalized spacial score (nSPS) is 10.2. The van der Waals surface area contributed by atoms with Gasteiger partial charge in [-0.25, -0.2) is 0 Å². The zero-order chi connectivity index (χ0) is 10.6. The lowest BCUT2D eigenvalue weighted by atomic mass is 10.4. The van der Waals surface area contributed by atoms with Gasteiger partial charge in [-0.15, -0.1) is 0 Å². The first-order valence-electron chi connectivity index (χ1n) is 4.20. The highest BCUT2D eigenvalue weighted by atomic mass is 35.5. The smallest absolute Gasteiger partial charge is 0.241 e. The SMILES string of the molecule is Cc1c(Cl)cnn1CC(=O)NCCO. The molecular weight excluding hydrogens is 206 g/mol. The van der Waals surface area contributed by atoms with Crippen LogP contribution in [0.2, 0.25) is 5.02 Å². The van der Waals surface area contributed by atoms with Gasteiger partial charge in [0.25, 0.3) is 0 Å². The molecule has 1 rings (SSSR count). The van der Waals surface area contributed by atoms with Crippen molar-refractivity contribution in [3.63, 3.8) is 0 Å². The highest BCUT2D eigenvalue weighted by molar-refractivity contribution is 6.31. The van der Waals surface area contributed by atoms with Crippen LogP contribution in [-0.4, -0.2) is 33.9 Å². The van der Waals surface area contributed by atoms with Gasteiger partial charge in [-0.2, -0.15) is 5.10 Å². The van der Waals surface area contributed by atoms with E-state index in [4.69, 9.17) is 16.7 Å². The van der Waals surface area contributed by atoms with Gasteiger partial charge in [-0.3, -0.25) is 9.48 Å². The quantitative estimate of drug-likeness (QED) is 0.744. The number of hydrogen-bond donors (Lipinski definition) is 2. The van der Waals surface area contributed by atoms with Gasteiger partial charge < -0.3 is 10.4 Å². The molecule has 5 nitrogen and oxygen atoms in total. The van der Waals surface area contributed by atoms with E-state index >= 15 is 0 Å². The lowest BCUT2D eigenvalue weighted by Crippen LogP contribution is -2.30. The fraction of sp³-hybridized carbons (Fsp3) is 0.500. The molecule has 0 saturated heterocycles. The number of nitrogens with zero attached hydrogens (tertiary/aromatic N) is 2. The third-order valence-corrected chi connectivity index (χ3v) is 2.14. The third-order valence-electron chi connectivity index (χ3n) is 1.77.